The van der Waals surface area contributed by atoms with Crippen LogP contribution >= 0.6 is 0 Å². The predicted octanol–water partition coefficient (Wildman–Crippen LogP) is 0.162. The number of aromatic nitrogens is 2. The van der Waals surface area contributed by atoms with Crippen molar-refractivity contribution in [2.75, 3.05) is 12.4 Å². The molecule has 1 rings (SSSR count). The Morgan fingerprint density at radius 1 is 1.88 bits per heavy atom. The van der Waals surface area contributed by atoms with E-state index in [1.165, 1.54) is 12.4 Å². The van der Waals surface area contributed by atoms with Gasteiger partial charge in [-0.2, -0.15) is 4.73 Å². The first-order valence-corrected chi connectivity index (χ1v) is 2.25. The van der Waals surface area contributed by atoms with E-state index in [4.69, 9.17) is 5.21 Å². The quantitative estimate of drug-likeness (QED) is 0.510. The molecule has 0 aliphatic carbocycles. The third-order valence-electron chi connectivity index (χ3n) is 0.845. The Labute approximate surface area is 46.7 Å². The number of nitrogens with one attached hydrogen (secondary N) is 1. The van der Waals surface area contributed by atoms with E-state index in [-0.39, 0.29) is 0 Å². The lowest BCUT2D eigenvalue weighted by Gasteiger charge is -1.94. The van der Waals surface area contributed by atoms with Crippen LogP contribution in [0.25, 0.3) is 0 Å². The maximum atomic E-state index is 8.74. The van der Waals surface area contributed by atoms with Gasteiger partial charge >= 0.3 is 0 Å². The highest BCUT2D eigenvalue weighted by Crippen LogP contribution is 1.96. The van der Waals surface area contributed by atoms with Gasteiger partial charge in [0.15, 0.2) is 0 Å². The van der Waals surface area contributed by atoms with Crippen LogP contribution in [0.4, 0.5) is 5.95 Å². The molecule has 0 aliphatic rings. The monoisotopic (exact) mass is 113 g/mol. The Kier molecular flexibility index (Phi) is 1.07. The van der Waals surface area contributed by atoms with Gasteiger partial charge in [-0.25, -0.2) is 4.98 Å². The fraction of sp³-hybridized carbons (Fsp3) is 0.250. The van der Waals surface area contributed by atoms with Gasteiger partial charge in [-0.1, -0.05) is 0 Å². The summed E-state index contributed by atoms with van der Waals surface area (Å²) in [6, 6.07) is 0. The molecule has 0 aromatic carbocycles. The lowest BCUT2D eigenvalue weighted by Crippen LogP contribution is -1.97. The molecule has 0 saturated carbocycles. The highest BCUT2D eigenvalue weighted by Gasteiger charge is 1.92. The first kappa shape index (κ1) is 4.96. The van der Waals surface area contributed by atoms with E-state index >= 15 is 0 Å². The molecule has 0 atom stereocenters. The van der Waals surface area contributed by atoms with Gasteiger partial charge in [0, 0.05) is 7.05 Å². The van der Waals surface area contributed by atoms with Gasteiger partial charge in [0.05, 0.1) is 12.4 Å². The molecule has 0 saturated heterocycles. The van der Waals surface area contributed by atoms with Gasteiger partial charge in [-0.15, -0.1) is 0 Å². The van der Waals surface area contributed by atoms with E-state index in [2.05, 4.69) is 10.3 Å². The fourth-order valence-corrected chi connectivity index (χ4v) is 0.476. The second-order valence-electron chi connectivity index (χ2n) is 1.35. The van der Waals surface area contributed by atoms with Crippen LogP contribution in [0.2, 0.25) is 0 Å². The topological polar surface area (TPSA) is 50.1 Å². The zero-order chi connectivity index (χ0) is 5.98. The molecule has 2 N–H and O–H groups in total. The van der Waals surface area contributed by atoms with Crippen molar-refractivity contribution in [2.24, 2.45) is 0 Å². The van der Waals surface area contributed by atoms with Crippen molar-refractivity contribution >= 4 is 5.95 Å². The van der Waals surface area contributed by atoms with E-state index in [0.29, 0.717) is 5.95 Å². The molecular weight excluding hydrogens is 106 g/mol. The molecule has 0 bridgehead atoms. The summed E-state index contributed by atoms with van der Waals surface area (Å²) in [4.78, 5) is 3.74. The van der Waals surface area contributed by atoms with Crippen molar-refractivity contribution < 1.29 is 5.21 Å². The standard InChI is InChI=1S/C4H7N3O/c1-5-4-6-2-3-7(4)8/h2-3,8H,1H3,(H,5,6). The molecule has 0 fully saturated rings. The number of nitrogens with zero attached hydrogens (tertiary/aromatic N) is 2. The average molecular weight is 113 g/mol. The molecule has 0 amide bonds. The maximum absolute atomic E-state index is 8.74. The van der Waals surface area contributed by atoms with Crippen LogP contribution in [-0.2, 0) is 0 Å². The smallest absolute Gasteiger partial charge is 0.236 e. The van der Waals surface area contributed by atoms with E-state index in [1.54, 1.807) is 7.05 Å². The van der Waals surface area contributed by atoms with E-state index in [1.807, 2.05) is 0 Å². The van der Waals surface area contributed by atoms with Crippen molar-refractivity contribution in [1.82, 2.24) is 9.71 Å². The molecular formula is C4H7N3O. The molecule has 1 aromatic heterocycles. The van der Waals surface area contributed by atoms with Crippen LogP contribution in [0.1, 0.15) is 0 Å². The van der Waals surface area contributed by atoms with Gasteiger partial charge in [-0.3, -0.25) is 0 Å². The SMILES string of the molecule is CNc1nccn1O. The third-order valence-corrected chi connectivity index (χ3v) is 0.845. The highest BCUT2D eigenvalue weighted by molar-refractivity contribution is 5.21. The third kappa shape index (κ3) is 0.598. The Hall–Kier alpha value is -1.19. The summed E-state index contributed by atoms with van der Waals surface area (Å²) in [5.74, 6) is 0.449. The van der Waals surface area contributed by atoms with Gasteiger partial charge < -0.3 is 10.5 Å². The van der Waals surface area contributed by atoms with Crippen molar-refractivity contribution in [3.05, 3.63) is 12.4 Å². The van der Waals surface area contributed by atoms with E-state index in [9.17, 15) is 0 Å². The second-order valence-corrected chi connectivity index (χ2v) is 1.35. The van der Waals surface area contributed by atoms with Crippen LogP contribution in [0, 0.1) is 0 Å². The van der Waals surface area contributed by atoms with Crippen LogP contribution in [0.15, 0.2) is 12.4 Å². The predicted molar refractivity (Wildman–Crippen MR) is 29.0 cm³/mol. The Morgan fingerprint density at radius 2 is 2.62 bits per heavy atom. The van der Waals surface area contributed by atoms with E-state index in [0.717, 1.165) is 4.73 Å². The van der Waals surface area contributed by atoms with Gasteiger partial charge in [-0.05, 0) is 0 Å². The second kappa shape index (κ2) is 1.73. The fourth-order valence-electron chi connectivity index (χ4n) is 0.476. The lowest BCUT2D eigenvalue weighted by molar-refractivity contribution is 0.192. The van der Waals surface area contributed by atoms with Gasteiger partial charge in [0.25, 0.3) is 0 Å². The number of rotatable bonds is 1. The molecule has 8 heavy (non-hydrogen) atoms. The number of imidazole rings is 1. The molecule has 4 nitrogen and oxygen atoms in total. The average Bonchev–Trinajstić information content (AvgIpc) is 2.14. The van der Waals surface area contributed by atoms with Gasteiger partial charge in [0.1, 0.15) is 0 Å². The summed E-state index contributed by atoms with van der Waals surface area (Å²) in [6.45, 7) is 0. The largest absolute Gasteiger partial charge is 0.425 e. The molecule has 0 aliphatic heterocycles. The Morgan fingerprint density at radius 3 is 2.88 bits per heavy atom. The number of hydrogen-bond acceptors (Lipinski definition) is 3. The first-order chi connectivity index (χ1) is 3.84. The minimum Gasteiger partial charge on any atom is -0.425 e. The van der Waals surface area contributed by atoms with Crippen LogP contribution in [-0.4, -0.2) is 22.0 Å². The summed E-state index contributed by atoms with van der Waals surface area (Å²) in [6.07, 6.45) is 2.96. The summed E-state index contributed by atoms with van der Waals surface area (Å²) in [7, 11) is 1.69. The van der Waals surface area contributed by atoms with Gasteiger partial charge in [0.2, 0.25) is 5.95 Å². The molecule has 0 radical (unpaired) electrons. The van der Waals surface area contributed by atoms with Crippen LogP contribution in [0.5, 0.6) is 0 Å². The molecule has 0 spiro atoms. The summed E-state index contributed by atoms with van der Waals surface area (Å²) in [5.41, 5.74) is 0. The maximum Gasteiger partial charge on any atom is 0.236 e. The summed E-state index contributed by atoms with van der Waals surface area (Å²) >= 11 is 0. The van der Waals surface area contributed by atoms with Crippen LogP contribution < -0.4 is 5.32 Å². The van der Waals surface area contributed by atoms with Crippen molar-refractivity contribution in [3.63, 3.8) is 0 Å². The zero-order valence-corrected chi connectivity index (χ0v) is 4.50. The van der Waals surface area contributed by atoms with Crippen molar-refractivity contribution in [1.29, 1.82) is 0 Å². The minimum absolute atomic E-state index is 0.449. The summed E-state index contributed by atoms with van der Waals surface area (Å²) < 4.78 is 0.917. The Bertz CT molecular complexity index is 172. The summed E-state index contributed by atoms with van der Waals surface area (Å²) in [5, 5.41) is 11.4. The number of anilines is 1. The molecule has 1 heterocycles. The number of hydrogen-bond donors (Lipinski definition) is 2. The van der Waals surface area contributed by atoms with Crippen LogP contribution in [0.3, 0.4) is 0 Å². The molecule has 4 heteroatoms. The molecule has 0 unspecified atom stereocenters. The minimum atomic E-state index is 0.449. The highest BCUT2D eigenvalue weighted by atomic mass is 16.5. The van der Waals surface area contributed by atoms with E-state index < -0.39 is 0 Å². The first-order valence-electron chi connectivity index (χ1n) is 2.25. The molecule has 44 valence electrons. The Balaban J connectivity index is 2.92. The lowest BCUT2D eigenvalue weighted by atomic mass is 11.0. The molecule has 1 aromatic rings. The normalized spacial score (nSPS) is 9.12. The van der Waals surface area contributed by atoms with Crippen molar-refractivity contribution in [3.8, 4) is 0 Å². The zero-order valence-electron chi connectivity index (χ0n) is 4.50. The van der Waals surface area contributed by atoms with Crippen molar-refractivity contribution in [2.45, 2.75) is 0 Å².